The van der Waals surface area contributed by atoms with E-state index in [1.807, 2.05) is 0 Å². The molecule has 4 aromatic rings. The maximum atomic E-state index is 13.7. The average molecular weight is 593 g/mol. The van der Waals surface area contributed by atoms with Crippen LogP contribution >= 0.6 is 0 Å². The minimum atomic E-state index is -4.32. The SMILES string of the molecule is CC(=O)c1cccc(N2C(=O)c3ccc(S(=O)(=O)c4ccc5c(c4)C(=O)N(c4cccc(C(C)=O)c4)C5=O)cc3C2=O)c1. The summed E-state index contributed by atoms with van der Waals surface area (Å²) in [7, 11) is -4.32. The molecule has 10 nitrogen and oxygen atoms in total. The first-order valence-corrected chi connectivity index (χ1v) is 14.4. The van der Waals surface area contributed by atoms with Crippen LogP contribution in [0.1, 0.15) is 76.0 Å². The quantitative estimate of drug-likeness (QED) is 0.235. The average Bonchev–Trinajstić information content (AvgIpc) is 3.40. The molecule has 212 valence electrons. The largest absolute Gasteiger partial charge is 0.295 e. The number of hydrogen-bond donors (Lipinski definition) is 0. The highest BCUT2D eigenvalue weighted by molar-refractivity contribution is 7.91. The monoisotopic (exact) mass is 592 g/mol. The predicted octanol–water partition coefficient (Wildman–Crippen LogP) is 4.53. The number of sulfone groups is 1. The Balaban J connectivity index is 1.35. The molecule has 0 N–H and O–H groups in total. The lowest BCUT2D eigenvalue weighted by molar-refractivity contribution is 0.0910. The van der Waals surface area contributed by atoms with Crippen molar-refractivity contribution < 1.29 is 37.2 Å². The third kappa shape index (κ3) is 4.29. The van der Waals surface area contributed by atoms with Crippen molar-refractivity contribution in [2.24, 2.45) is 0 Å². The number of Topliss-reactive ketones (excluding diaryl/α,β-unsaturated/α-hetero) is 2. The van der Waals surface area contributed by atoms with Gasteiger partial charge >= 0.3 is 0 Å². The van der Waals surface area contributed by atoms with Gasteiger partial charge in [0.2, 0.25) is 9.84 Å². The van der Waals surface area contributed by atoms with Crippen molar-refractivity contribution in [2.75, 3.05) is 9.80 Å². The van der Waals surface area contributed by atoms with Gasteiger partial charge in [0.05, 0.1) is 43.4 Å². The molecule has 6 rings (SSSR count). The van der Waals surface area contributed by atoms with Crippen molar-refractivity contribution >= 4 is 56.4 Å². The predicted molar refractivity (Wildman–Crippen MR) is 154 cm³/mol. The second-order valence-electron chi connectivity index (χ2n) is 10.0. The molecule has 11 heteroatoms. The van der Waals surface area contributed by atoms with E-state index in [2.05, 4.69) is 0 Å². The lowest BCUT2D eigenvalue weighted by Crippen LogP contribution is -2.29. The van der Waals surface area contributed by atoms with E-state index in [1.165, 1.54) is 74.5 Å². The molecule has 0 fully saturated rings. The molecule has 0 saturated carbocycles. The van der Waals surface area contributed by atoms with Crippen LogP contribution in [0.25, 0.3) is 0 Å². The maximum absolute atomic E-state index is 13.7. The smallest absolute Gasteiger partial charge is 0.266 e. The summed E-state index contributed by atoms with van der Waals surface area (Å²) >= 11 is 0. The molecule has 0 aromatic heterocycles. The number of imide groups is 2. The van der Waals surface area contributed by atoms with Crippen LogP contribution in [0.4, 0.5) is 11.4 Å². The fraction of sp³-hybridized carbons (Fsp3) is 0.0625. The zero-order chi connectivity index (χ0) is 30.8. The van der Waals surface area contributed by atoms with E-state index in [9.17, 15) is 37.2 Å². The molecule has 4 amide bonds. The third-order valence-corrected chi connectivity index (χ3v) is 9.11. The van der Waals surface area contributed by atoms with E-state index in [4.69, 9.17) is 0 Å². The van der Waals surface area contributed by atoms with Gasteiger partial charge in [-0.05, 0) is 74.5 Å². The first kappa shape index (κ1) is 27.6. The third-order valence-electron chi connectivity index (χ3n) is 7.36. The molecule has 0 aliphatic carbocycles. The van der Waals surface area contributed by atoms with E-state index in [0.717, 1.165) is 21.9 Å². The topological polar surface area (TPSA) is 143 Å². The van der Waals surface area contributed by atoms with E-state index >= 15 is 0 Å². The lowest BCUT2D eigenvalue weighted by Gasteiger charge is -2.14. The van der Waals surface area contributed by atoms with Crippen molar-refractivity contribution in [2.45, 2.75) is 23.6 Å². The molecule has 2 aliphatic rings. The van der Waals surface area contributed by atoms with Crippen LogP contribution in [-0.2, 0) is 9.84 Å². The van der Waals surface area contributed by atoms with Crippen LogP contribution in [0.15, 0.2) is 94.7 Å². The Kier molecular flexibility index (Phi) is 6.28. The highest BCUT2D eigenvalue weighted by atomic mass is 32.2. The van der Waals surface area contributed by atoms with Crippen molar-refractivity contribution in [3.05, 3.63) is 118 Å². The van der Waals surface area contributed by atoms with Crippen LogP contribution in [0.2, 0.25) is 0 Å². The molecule has 0 spiro atoms. The number of carbonyl (C=O) groups excluding carboxylic acids is 6. The van der Waals surface area contributed by atoms with Crippen LogP contribution in [0, 0.1) is 0 Å². The van der Waals surface area contributed by atoms with Crippen LogP contribution < -0.4 is 9.80 Å². The molecule has 2 aliphatic heterocycles. The van der Waals surface area contributed by atoms with Gasteiger partial charge in [-0.2, -0.15) is 0 Å². The van der Waals surface area contributed by atoms with Crippen molar-refractivity contribution in [1.82, 2.24) is 0 Å². The van der Waals surface area contributed by atoms with Crippen molar-refractivity contribution in [1.29, 1.82) is 0 Å². The molecule has 0 unspecified atom stereocenters. The lowest BCUT2D eigenvalue weighted by atomic mass is 10.1. The summed E-state index contributed by atoms with van der Waals surface area (Å²) in [6.07, 6.45) is 0. The van der Waals surface area contributed by atoms with Crippen molar-refractivity contribution in [3.63, 3.8) is 0 Å². The second-order valence-corrected chi connectivity index (χ2v) is 12.0. The molecular formula is C32H20N2O8S. The fourth-order valence-corrected chi connectivity index (χ4v) is 6.42. The number of carbonyl (C=O) groups is 6. The molecule has 4 aromatic carbocycles. The number of rotatable bonds is 6. The van der Waals surface area contributed by atoms with Gasteiger partial charge in [-0.15, -0.1) is 0 Å². The van der Waals surface area contributed by atoms with Gasteiger partial charge in [0.15, 0.2) is 11.6 Å². The van der Waals surface area contributed by atoms with Crippen LogP contribution in [-0.4, -0.2) is 43.6 Å². The summed E-state index contributed by atoms with van der Waals surface area (Å²) in [5.74, 6) is -3.35. The number of anilines is 2. The van der Waals surface area contributed by atoms with Crippen LogP contribution in [0.3, 0.4) is 0 Å². The highest BCUT2D eigenvalue weighted by Gasteiger charge is 2.40. The number of ketones is 2. The Morgan fingerprint density at radius 3 is 1.26 bits per heavy atom. The van der Waals surface area contributed by atoms with Gasteiger partial charge < -0.3 is 0 Å². The standard InChI is InChI=1S/C32H20N2O8S/c1-17(35)19-5-3-7-21(13-19)33-29(37)25-11-9-23(15-27(25)31(33)39)43(41,42)24-10-12-26-28(16-24)32(40)34(30(26)38)22-8-4-6-20(14-22)18(2)36/h3-16H,1-2H3. The Morgan fingerprint density at radius 1 is 0.512 bits per heavy atom. The van der Waals surface area contributed by atoms with Gasteiger partial charge in [-0.1, -0.05) is 24.3 Å². The number of benzene rings is 4. The number of amides is 4. The summed E-state index contributed by atoms with van der Waals surface area (Å²) in [5, 5.41) is 0. The number of hydrogen-bond acceptors (Lipinski definition) is 8. The molecule has 0 saturated heterocycles. The van der Waals surface area contributed by atoms with Crippen molar-refractivity contribution in [3.8, 4) is 0 Å². The summed E-state index contributed by atoms with van der Waals surface area (Å²) < 4.78 is 27.3. The molecule has 0 radical (unpaired) electrons. The van der Waals surface area contributed by atoms with E-state index in [1.54, 1.807) is 12.1 Å². The Bertz CT molecular complexity index is 1950. The molecule has 0 bridgehead atoms. The summed E-state index contributed by atoms with van der Waals surface area (Å²) in [4.78, 5) is 77.6. The van der Waals surface area contributed by atoms with E-state index in [0.29, 0.717) is 11.1 Å². The fourth-order valence-electron chi connectivity index (χ4n) is 5.11. The summed E-state index contributed by atoms with van der Waals surface area (Å²) in [5.41, 5.74) is 0.656. The maximum Gasteiger partial charge on any atom is 0.266 e. The molecule has 43 heavy (non-hydrogen) atoms. The second kappa shape index (κ2) is 9.78. The van der Waals surface area contributed by atoms with Gasteiger partial charge in [0.25, 0.3) is 23.6 Å². The minimum Gasteiger partial charge on any atom is -0.295 e. The Hall–Kier alpha value is -5.55. The summed E-state index contributed by atoms with van der Waals surface area (Å²) in [6.45, 7) is 2.70. The van der Waals surface area contributed by atoms with Crippen LogP contribution in [0.5, 0.6) is 0 Å². The first-order chi connectivity index (χ1) is 20.4. The molecular weight excluding hydrogens is 572 g/mol. The van der Waals surface area contributed by atoms with Gasteiger partial charge in [0, 0.05) is 11.1 Å². The van der Waals surface area contributed by atoms with E-state index < -0.39 is 33.5 Å². The Labute approximate surface area is 245 Å². The highest BCUT2D eigenvalue weighted by Crippen LogP contribution is 2.35. The first-order valence-electron chi connectivity index (χ1n) is 12.9. The molecule has 2 heterocycles. The Morgan fingerprint density at radius 2 is 0.884 bits per heavy atom. The van der Waals surface area contributed by atoms with E-state index in [-0.39, 0.29) is 55.0 Å². The number of nitrogens with zero attached hydrogens (tertiary/aromatic N) is 2. The van der Waals surface area contributed by atoms with Gasteiger partial charge in [-0.3, -0.25) is 28.8 Å². The summed E-state index contributed by atoms with van der Waals surface area (Å²) in [6, 6.07) is 19.0. The molecule has 0 atom stereocenters. The van der Waals surface area contributed by atoms with Gasteiger partial charge in [0.1, 0.15) is 0 Å². The zero-order valence-corrected chi connectivity index (χ0v) is 23.5. The zero-order valence-electron chi connectivity index (χ0n) is 22.7. The normalized spacial score (nSPS) is 14.3. The number of fused-ring (bicyclic) bond motifs is 2. The minimum absolute atomic E-state index is 0.00432. The van der Waals surface area contributed by atoms with Gasteiger partial charge in [-0.25, -0.2) is 18.2 Å².